The van der Waals surface area contributed by atoms with Gasteiger partial charge < -0.3 is 19.1 Å². The van der Waals surface area contributed by atoms with Crippen molar-refractivity contribution in [2.75, 3.05) is 19.9 Å². The first kappa shape index (κ1) is 20.0. The lowest BCUT2D eigenvalue weighted by molar-refractivity contribution is -0.145. The molecular weight excluding hydrogens is 370 g/mol. The molecule has 0 bridgehead atoms. The van der Waals surface area contributed by atoms with Gasteiger partial charge in [0.2, 0.25) is 12.7 Å². The zero-order chi connectivity index (χ0) is 20.2. The van der Waals surface area contributed by atoms with E-state index in [0.717, 1.165) is 49.2 Å². The zero-order valence-corrected chi connectivity index (χ0v) is 17.2. The summed E-state index contributed by atoms with van der Waals surface area (Å²) in [7, 11) is 0. The van der Waals surface area contributed by atoms with Gasteiger partial charge in [0.05, 0.1) is 12.5 Å². The standard InChI is InChI=1S/C23H31NO5/c1-2-27-23(26)19-12-18(19)14-24(22(25)17-7-5-3-4-6-8-17)13-16-9-10-20-21(11-16)29-15-28-20/h9-11,17-19H,2-8,12-15H2,1H3/t18-,19-/m0/s1. The smallest absolute Gasteiger partial charge is 0.309 e. The number of rotatable bonds is 7. The lowest BCUT2D eigenvalue weighted by Gasteiger charge is -2.27. The topological polar surface area (TPSA) is 65.1 Å². The van der Waals surface area contributed by atoms with Crippen LogP contribution in [0, 0.1) is 17.8 Å². The first-order valence-corrected chi connectivity index (χ1v) is 11.0. The highest BCUT2D eigenvalue weighted by atomic mass is 16.7. The molecule has 0 N–H and O–H groups in total. The third kappa shape index (κ3) is 4.85. The molecule has 1 aromatic carbocycles. The molecule has 1 aliphatic heterocycles. The van der Waals surface area contributed by atoms with E-state index in [1.807, 2.05) is 30.0 Å². The molecule has 1 aromatic rings. The van der Waals surface area contributed by atoms with Gasteiger partial charge in [-0.05, 0) is 49.8 Å². The number of ether oxygens (including phenoxy) is 3. The Kier molecular flexibility index (Phi) is 6.26. The molecule has 1 amide bonds. The second-order valence-electron chi connectivity index (χ2n) is 8.45. The van der Waals surface area contributed by atoms with Crippen LogP contribution < -0.4 is 9.47 Å². The lowest BCUT2D eigenvalue weighted by atomic mass is 9.98. The Morgan fingerprint density at radius 1 is 1.10 bits per heavy atom. The maximum absolute atomic E-state index is 13.4. The second-order valence-corrected chi connectivity index (χ2v) is 8.45. The molecule has 2 fully saturated rings. The van der Waals surface area contributed by atoms with E-state index < -0.39 is 0 Å². The number of esters is 1. The van der Waals surface area contributed by atoms with Gasteiger partial charge in [0, 0.05) is 19.0 Å². The largest absolute Gasteiger partial charge is 0.466 e. The van der Waals surface area contributed by atoms with Crippen molar-refractivity contribution in [1.82, 2.24) is 4.90 Å². The fourth-order valence-corrected chi connectivity index (χ4v) is 4.55. The molecule has 4 rings (SSSR count). The van der Waals surface area contributed by atoms with E-state index >= 15 is 0 Å². The fraction of sp³-hybridized carbons (Fsp3) is 0.652. The predicted molar refractivity (Wildman–Crippen MR) is 107 cm³/mol. The number of carbonyl (C=O) groups excluding carboxylic acids is 2. The summed E-state index contributed by atoms with van der Waals surface area (Å²) >= 11 is 0. The molecule has 2 aliphatic carbocycles. The van der Waals surface area contributed by atoms with Crippen LogP contribution >= 0.6 is 0 Å². The molecule has 6 nitrogen and oxygen atoms in total. The van der Waals surface area contributed by atoms with Crippen LogP contribution in [0.5, 0.6) is 11.5 Å². The molecule has 0 unspecified atom stereocenters. The summed E-state index contributed by atoms with van der Waals surface area (Å²) < 4.78 is 16.1. The van der Waals surface area contributed by atoms with Gasteiger partial charge in [-0.2, -0.15) is 0 Å². The van der Waals surface area contributed by atoms with Gasteiger partial charge in [-0.25, -0.2) is 0 Å². The van der Waals surface area contributed by atoms with Gasteiger partial charge in [0.25, 0.3) is 0 Å². The Labute approximate surface area is 172 Å². The number of hydrogen-bond donors (Lipinski definition) is 0. The van der Waals surface area contributed by atoms with Crippen molar-refractivity contribution in [2.24, 2.45) is 17.8 Å². The molecule has 2 atom stereocenters. The summed E-state index contributed by atoms with van der Waals surface area (Å²) in [6, 6.07) is 5.87. The molecule has 3 aliphatic rings. The van der Waals surface area contributed by atoms with Crippen LogP contribution in [0.1, 0.15) is 57.4 Å². The van der Waals surface area contributed by atoms with Crippen LogP contribution in [-0.4, -0.2) is 36.7 Å². The van der Waals surface area contributed by atoms with Gasteiger partial charge >= 0.3 is 5.97 Å². The summed E-state index contributed by atoms with van der Waals surface area (Å²) in [4.78, 5) is 27.4. The van der Waals surface area contributed by atoms with E-state index in [2.05, 4.69) is 0 Å². The molecule has 2 saturated carbocycles. The second kappa shape index (κ2) is 9.06. The van der Waals surface area contributed by atoms with Crippen LogP contribution in [-0.2, 0) is 20.9 Å². The van der Waals surface area contributed by atoms with Crippen molar-refractivity contribution in [3.8, 4) is 11.5 Å². The minimum absolute atomic E-state index is 0.0591. The molecule has 0 radical (unpaired) electrons. The molecular formula is C23H31NO5. The number of benzene rings is 1. The summed E-state index contributed by atoms with van der Waals surface area (Å²) in [5.41, 5.74) is 1.03. The molecule has 29 heavy (non-hydrogen) atoms. The van der Waals surface area contributed by atoms with Gasteiger partial charge in [-0.1, -0.05) is 31.7 Å². The Morgan fingerprint density at radius 3 is 2.62 bits per heavy atom. The van der Waals surface area contributed by atoms with Gasteiger partial charge in [0.1, 0.15) is 0 Å². The summed E-state index contributed by atoms with van der Waals surface area (Å²) in [5.74, 6) is 1.85. The first-order valence-electron chi connectivity index (χ1n) is 11.0. The van der Waals surface area contributed by atoms with Gasteiger partial charge in [-0.3, -0.25) is 9.59 Å². The van der Waals surface area contributed by atoms with E-state index in [9.17, 15) is 9.59 Å². The lowest BCUT2D eigenvalue weighted by Crippen LogP contribution is -2.37. The highest BCUT2D eigenvalue weighted by Gasteiger charge is 2.45. The Balaban J connectivity index is 1.46. The zero-order valence-electron chi connectivity index (χ0n) is 17.2. The van der Waals surface area contributed by atoms with Crippen LogP contribution in [0.15, 0.2) is 18.2 Å². The maximum Gasteiger partial charge on any atom is 0.309 e. The summed E-state index contributed by atoms with van der Waals surface area (Å²) in [5, 5.41) is 0. The van der Waals surface area contributed by atoms with Gasteiger partial charge in [-0.15, -0.1) is 0 Å². The van der Waals surface area contributed by atoms with Crippen molar-refractivity contribution in [3.05, 3.63) is 23.8 Å². The number of amides is 1. The Hall–Kier alpha value is -2.24. The average Bonchev–Trinajstić information content (AvgIpc) is 3.42. The van der Waals surface area contributed by atoms with Crippen molar-refractivity contribution in [1.29, 1.82) is 0 Å². The number of fused-ring (bicyclic) bond motifs is 1. The summed E-state index contributed by atoms with van der Waals surface area (Å²) in [6.07, 6.45) is 7.46. The Bertz CT molecular complexity index is 741. The fourth-order valence-electron chi connectivity index (χ4n) is 4.55. The monoisotopic (exact) mass is 401 g/mol. The van der Waals surface area contributed by atoms with Crippen molar-refractivity contribution in [2.45, 2.75) is 58.4 Å². The van der Waals surface area contributed by atoms with Crippen molar-refractivity contribution in [3.63, 3.8) is 0 Å². The quantitative estimate of drug-likeness (QED) is 0.512. The summed E-state index contributed by atoms with van der Waals surface area (Å²) in [6.45, 7) is 3.64. The van der Waals surface area contributed by atoms with E-state index in [1.165, 1.54) is 12.8 Å². The normalized spacial score (nSPS) is 23.3. The predicted octanol–water partition coefficient (Wildman–Crippen LogP) is 3.91. The highest BCUT2D eigenvalue weighted by molar-refractivity contribution is 5.79. The number of carbonyl (C=O) groups is 2. The molecule has 158 valence electrons. The van der Waals surface area contributed by atoms with Crippen molar-refractivity contribution < 1.29 is 23.8 Å². The maximum atomic E-state index is 13.4. The first-order chi connectivity index (χ1) is 14.2. The minimum atomic E-state index is -0.123. The molecule has 6 heteroatoms. The third-order valence-corrected chi connectivity index (χ3v) is 6.29. The molecule has 0 aromatic heterocycles. The van der Waals surface area contributed by atoms with Crippen molar-refractivity contribution >= 4 is 11.9 Å². The van der Waals surface area contributed by atoms with E-state index in [4.69, 9.17) is 14.2 Å². The van der Waals surface area contributed by atoms with Crippen LogP contribution in [0.3, 0.4) is 0 Å². The van der Waals surface area contributed by atoms with Crippen LogP contribution in [0.4, 0.5) is 0 Å². The Morgan fingerprint density at radius 2 is 1.86 bits per heavy atom. The SMILES string of the molecule is CCOC(=O)[C@H]1C[C@H]1CN(Cc1ccc2c(c1)OCO2)C(=O)C1CCCCCC1. The molecule has 1 heterocycles. The number of hydrogen-bond acceptors (Lipinski definition) is 5. The molecule has 0 spiro atoms. The highest BCUT2D eigenvalue weighted by Crippen LogP contribution is 2.41. The van der Waals surface area contributed by atoms with Crippen LogP contribution in [0.2, 0.25) is 0 Å². The molecule has 0 saturated heterocycles. The van der Waals surface area contributed by atoms with Gasteiger partial charge in [0.15, 0.2) is 11.5 Å². The third-order valence-electron chi connectivity index (χ3n) is 6.29. The van der Waals surface area contributed by atoms with Crippen LogP contribution in [0.25, 0.3) is 0 Å². The van der Waals surface area contributed by atoms with E-state index in [0.29, 0.717) is 19.7 Å². The number of nitrogens with zero attached hydrogens (tertiary/aromatic N) is 1. The average molecular weight is 402 g/mol. The minimum Gasteiger partial charge on any atom is -0.466 e. The van der Waals surface area contributed by atoms with E-state index in [-0.39, 0.29) is 36.4 Å². The van der Waals surface area contributed by atoms with E-state index in [1.54, 1.807) is 0 Å².